The number of aryl methyl sites for hydroxylation is 1. The molecule has 0 fully saturated rings. The lowest BCUT2D eigenvalue weighted by Gasteiger charge is -2.02. The minimum Gasteiger partial charge on any atom is -0.286 e. The molecule has 0 atom stereocenters. The summed E-state index contributed by atoms with van der Waals surface area (Å²) in [5.41, 5.74) is 2.23. The maximum Gasteiger partial charge on any atom is 0.223 e. The first-order valence-corrected chi connectivity index (χ1v) is 6.05. The van der Waals surface area contributed by atoms with E-state index in [0.29, 0.717) is 17.1 Å². The standard InChI is InChI=1S/C9H8BrN3OS/c1-2-13-8(6(10)3-12-13)9(14)7-4-11-5-15-7/h3-5H,2H2,1H3. The maximum absolute atomic E-state index is 12.0. The van der Waals surface area contributed by atoms with E-state index < -0.39 is 0 Å². The second kappa shape index (κ2) is 4.24. The van der Waals surface area contributed by atoms with Gasteiger partial charge in [0.15, 0.2) is 0 Å². The van der Waals surface area contributed by atoms with Crippen LogP contribution in [0.25, 0.3) is 0 Å². The van der Waals surface area contributed by atoms with E-state index in [1.807, 2.05) is 6.92 Å². The lowest BCUT2D eigenvalue weighted by atomic mass is 10.2. The molecule has 0 aliphatic rings. The molecule has 0 N–H and O–H groups in total. The van der Waals surface area contributed by atoms with Gasteiger partial charge in [-0.1, -0.05) is 0 Å². The van der Waals surface area contributed by atoms with Crippen molar-refractivity contribution in [3.8, 4) is 0 Å². The summed E-state index contributed by atoms with van der Waals surface area (Å²) < 4.78 is 2.40. The third kappa shape index (κ3) is 1.87. The lowest BCUT2D eigenvalue weighted by Crippen LogP contribution is -2.09. The van der Waals surface area contributed by atoms with Crippen molar-refractivity contribution in [2.75, 3.05) is 0 Å². The van der Waals surface area contributed by atoms with Crippen LogP contribution in [0.15, 0.2) is 22.4 Å². The van der Waals surface area contributed by atoms with Crippen molar-refractivity contribution in [1.29, 1.82) is 0 Å². The Bertz CT molecular complexity index is 478. The van der Waals surface area contributed by atoms with Gasteiger partial charge < -0.3 is 0 Å². The van der Waals surface area contributed by atoms with Gasteiger partial charge >= 0.3 is 0 Å². The molecule has 0 aliphatic carbocycles. The highest BCUT2D eigenvalue weighted by Crippen LogP contribution is 2.21. The molecular formula is C9H8BrN3OS. The Kier molecular flexibility index (Phi) is 2.97. The van der Waals surface area contributed by atoms with Gasteiger partial charge in [0.2, 0.25) is 5.78 Å². The molecular weight excluding hydrogens is 278 g/mol. The number of rotatable bonds is 3. The fraction of sp³-hybridized carbons (Fsp3) is 0.222. The molecule has 0 radical (unpaired) electrons. The van der Waals surface area contributed by atoms with Gasteiger partial charge in [0, 0.05) is 12.7 Å². The fourth-order valence-corrected chi connectivity index (χ4v) is 2.31. The summed E-state index contributed by atoms with van der Waals surface area (Å²) in [7, 11) is 0. The van der Waals surface area contributed by atoms with E-state index in [2.05, 4.69) is 26.0 Å². The molecule has 0 unspecified atom stereocenters. The average Bonchev–Trinajstić information content (AvgIpc) is 2.85. The first kappa shape index (κ1) is 10.5. The third-order valence-electron chi connectivity index (χ3n) is 1.97. The zero-order valence-electron chi connectivity index (χ0n) is 7.98. The van der Waals surface area contributed by atoms with E-state index in [9.17, 15) is 4.79 Å². The molecule has 0 saturated heterocycles. The van der Waals surface area contributed by atoms with Crippen molar-refractivity contribution in [1.82, 2.24) is 14.8 Å². The Balaban J connectivity index is 2.45. The molecule has 2 aromatic rings. The number of carbonyl (C=O) groups is 1. The van der Waals surface area contributed by atoms with Crippen LogP contribution in [0.3, 0.4) is 0 Å². The largest absolute Gasteiger partial charge is 0.286 e. The molecule has 0 aliphatic heterocycles. The van der Waals surface area contributed by atoms with Gasteiger partial charge in [-0.3, -0.25) is 14.5 Å². The van der Waals surface area contributed by atoms with Crippen LogP contribution >= 0.6 is 27.3 Å². The smallest absolute Gasteiger partial charge is 0.223 e. The molecule has 2 aromatic heterocycles. The zero-order chi connectivity index (χ0) is 10.8. The van der Waals surface area contributed by atoms with E-state index in [4.69, 9.17) is 0 Å². The first-order valence-electron chi connectivity index (χ1n) is 4.38. The number of halogens is 1. The number of hydrogen-bond acceptors (Lipinski definition) is 4. The second-order valence-electron chi connectivity index (χ2n) is 2.85. The highest BCUT2D eigenvalue weighted by atomic mass is 79.9. The van der Waals surface area contributed by atoms with Gasteiger partial charge in [0.05, 0.1) is 21.1 Å². The Morgan fingerprint density at radius 1 is 1.60 bits per heavy atom. The van der Waals surface area contributed by atoms with Crippen molar-refractivity contribution in [2.45, 2.75) is 13.5 Å². The molecule has 0 bridgehead atoms. The zero-order valence-corrected chi connectivity index (χ0v) is 10.4. The number of hydrogen-bond donors (Lipinski definition) is 0. The van der Waals surface area contributed by atoms with Crippen LogP contribution in [0, 0.1) is 0 Å². The van der Waals surface area contributed by atoms with Gasteiger partial charge in [0.25, 0.3) is 0 Å². The van der Waals surface area contributed by atoms with Crippen molar-refractivity contribution in [3.63, 3.8) is 0 Å². The first-order chi connectivity index (χ1) is 7.24. The van der Waals surface area contributed by atoms with Gasteiger partial charge in [-0.2, -0.15) is 5.10 Å². The Hall–Kier alpha value is -1.01. The monoisotopic (exact) mass is 285 g/mol. The average molecular weight is 286 g/mol. The fourth-order valence-electron chi connectivity index (χ4n) is 1.27. The highest BCUT2D eigenvalue weighted by molar-refractivity contribution is 9.10. The number of nitrogens with zero attached hydrogens (tertiary/aromatic N) is 3. The van der Waals surface area contributed by atoms with Crippen LogP contribution in [0.5, 0.6) is 0 Å². The SMILES string of the molecule is CCn1ncc(Br)c1C(=O)c1cncs1. The van der Waals surface area contributed by atoms with E-state index in [1.54, 1.807) is 22.6 Å². The van der Waals surface area contributed by atoms with Gasteiger partial charge in [-0.15, -0.1) is 11.3 Å². The molecule has 0 saturated carbocycles. The van der Waals surface area contributed by atoms with Crippen LogP contribution in [-0.4, -0.2) is 20.5 Å². The quantitative estimate of drug-likeness (QED) is 0.814. The van der Waals surface area contributed by atoms with E-state index in [-0.39, 0.29) is 5.78 Å². The summed E-state index contributed by atoms with van der Waals surface area (Å²) in [6.07, 6.45) is 3.21. The molecule has 0 aromatic carbocycles. The van der Waals surface area contributed by atoms with Crippen molar-refractivity contribution >= 4 is 33.0 Å². The van der Waals surface area contributed by atoms with Crippen LogP contribution in [0.4, 0.5) is 0 Å². The van der Waals surface area contributed by atoms with Crippen molar-refractivity contribution in [3.05, 3.63) is 32.9 Å². The normalized spacial score (nSPS) is 10.5. The molecule has 6 heteroatoms. The summed E-state index contributed by atoms with van der Waals surface area (Å²) in [6, 6.07) is 0. The minimum atomic E-state index is -0.0382. The molecule has 2 heterocycles. The molecule has 0 amide bonds. The van der Waals surface area contributed by atoms with Gasteiger partial charge in [0.1, 0.15) is 5.69 Å². The maximum atomic E-state index is 12.0. The van der Waals surface area contributed by atoms with E-state index in [1.165, 1.54) is 11.3 Å². The van der Waals surface area contributed by atoms with Crippen molar-refractivity contribution < 1.29 is 4.79 Å². The summed E-state index contributed by atoms with van der Waals surface area (Å²) >= 11 is 4.66. The molecule has 15 heavy (non-hydrogen) atoms. The summed E-state index contributed by atoms with van der Waals surface area (Å²) in [5.74, 6) is -0.0382. The number of aromatic nitrogens is 3. The Morgan fingerprint density at radius 2 is 2.40 bits per heavy atom. The third-order valence-corrected chi connectivity index (χ3v) is 3.32. The summed E-state index contributed by atoms with van der Waals surface area (Å²) in [6.45, 7) is 2.62. The van der Waals surface area contributed by atoms with Crippen LogP contribution in [0.2, 0.25) is 0 Å². The topological polar surface area (TPSA) is 47.8 Å². The van der Waals surface area contributed by atoms with Crippen LogP contribution in [0.1, 0.15) is 22.3 Å². The van der Waals surface area contributed by atoms with E-state index >= 15 is 0 Å². The second-order valence-corrected chi connectivity index (χ2v) is 4.59. The number of carbonyl (C=O) groups excluding carboxylic acids is 1. The molecule has 78 valence electrons. The summed E-state index contributed by atoms with van der Waals surface area (Å²) in [4.78, 5) is 16.6. The minimum absolute atomic E-state index is 0.0382. The lowest BCUT2D eigenvalue weighted by molar-refractivity contribution is 0.103. The highest BCUT2D eigenvalue weighted by Gasteiger charge is 2.19. The number of thiazole rings is 1. The van der Waals surface area contributed by atoms with Crippen LogP contribution < -0.4 is 0 Å². The predicted octanol–water partition coefficient (Wildman–Crippen LogP) is 2.35. The van der Waals surface area contributed by atoms with Crippen LogP contribution in [-0.2, 0) is 6.54 Å². The summed E-state index contributed by atoms with van der Waals surface area (Å²) in [5, 5.41) is 4.10. The molecule has 4 nitrogen and oxygen atoms in total. The van der Waals surface area contributed by atoms with Crippen molar-refractivity contribution in [2.24, 2.45) is 0 Å². The Labute approximate surface area is 99.1 Å². The van der Waals surface area contributed by atoms with Gasteiger partial charge in [-0.05, 0) is 22.9 Å². The molecule has 2 rings (SSSR count). The number of ketones is 1. The predicted molar refractivity (Wildman–Crippen MR) is 61.1 cm³/mol. The van der Waals surface area contributed by atoms with Gasteiger partial charge in [-0.25, -0.2) is 0 Å². The molecule has 0 spiro atoms. The Morgan fingerprint density at radius 3 is 3.00 bits per heavy atom. The van der Waals surface area contributed by atoms with E-state index in [0.717, 1.165) is 4.47 Å².